The highest BCUT2D eigenvalue weighted by Crippen LogP contribution is 2.22. The molecule has 0 saturated carbocycles. The first-order valence-electron chi connectivity index (χ1n) is 5.66. The van der Waals surface area contributed by atoms with Crippen LogP contribution in [0.25, 0.3) is 5.69 Å². The van der Waals surface area contributed by atoms with E-state index in [4.69, 9.17) is 5.73 Å². The molecule has 17 heavy (non-hydrogen) atoms. The van der Waals surface area contributed by atoms with Crippen LogP contribution in [0.15, 0.2) is 30.5 Å². The second-order valence-corrected chi connectivity index (χ2v) is 4.30. The fraction of sp³-hybridized carbons (Fsp3) is 0.308. The summed E-state index contributed by atoms with van der Waals surface area (Å²) in [7, 11) is 0. The normalized spacial score (nSPS) is 11.1. The molecule has 0 amide bonds. The van der Waals surface area contributed by atoms with Gasteiger partial charge in [0.15, 0.2) is 0 Å². The number of hydrogen-bond acceptors (Lipinski definition) is 2. The average Bonchev–Trinajstić information content (AvgIpc) is 2.73. The Hall–Kier alpha value is -1.68. The molecule has 2 rings (SSSR count). The number of benzene rings is 1. The second-order valence-electron chi connectivity index (χ2n) is 4.30. The van der Waals surface area contributed by atoms with Crippen LogP contribution in [0, 0.1) is 5.82 Å². The summed E-state index contributed by atoms with van der Waals surface area (Å²) in [6.45, 7) is 4.65. The standard InChI is InChI=1S/C13H16FN3/c1-9(2)13-10(7-15)8-16-17(13)12-5-3-11(14)4-6-12/h3-6,8-9H,7,15H2,1-2H3. The Bertz CT molecular complexity index is 500. The van der Waals surface area contributed by atoms with Crippen LogP contribution in [-0.4, -0.2) is 9.78 Å². The monoisotopic (exact) mass is 233 g/mol. The topological polar surface area (TPSA) is 43.8 Å². The van der Waals surface area contributed by atoms with E-state index in [2.05, 4.69) is 18.9 Å². The van der Waals surface area contributed by atoms with Crippen molar-refractivity contribution in [1.82, 2.24) is 9.78 Å². The summed E-state index contributed by atoms with van der Waals surface area (Å²) in [5, 5.41) is 4.32. The first-order chi connectivity index (χ1) is 8.13. The van der Waals surface area contributed by atoms with E-state index in [0.717, 1.165) is 16.9 Å². The van der Waals surface area contributed by atoms with Gasteiger partial charge in [-0.3, -0.25) is 0 Å². The molecule has 1 aromatic heterocycles. The Morgan fingerprint density at radius 2 is 1.94 bits per heavy atom. The third-order valence-electron chi connectivity index (χ3n) is 2.72. The second kappa shape index (κ2) is 4.67. The lowest BCUT2D eigenvalue weighted by Gasteiger charge is -2.12. The third kappa shape index (κ3) is 2.22. The lowest BCUT2D eigenvalue weighted by Crippen LogP contribution is -2.07. The Balaban J connectivity index is 2.51. The van der Waals surface area contributed by atoms with E-state index in [1.54, 1.807) is 18.3 Å². The van der Waals surface area contributed by atoms with E-state index in [-0.39, 0.29) is 5.82 Å². The summed E-state index contributed by atoms with van der Waals surface area (Å²) in [6.07, 6.45) is 1.78. The molecule has 0 saturated heterocycles. The van der Waals surface area contributed by atoms with Gasteiger partial charge in [-0.2, -0.15) is 5.10 Å². The summed E-state index contributed by atoms with van der Waals surface area (Å²) in [5.41, 5.74) is 8.66. The fourth-order valence-electron chi connectivity index (χ4n) is 1.95. The molecule has 0 aliphatic carbocycles. The SMILES string of the molecule is CC(C)c1c(CN)cnn1-c1ccc(F)cc1. The molecule has 0 radical (unpaired) electrons. The Labute approximate surface area is 100 Å². The first kappa shape index (κ1) is 11.8. The molecule has 0 spiro atoms. The Morgan fingerprint density at radius 3 is 2.47 bits per heavy atom. The van der Waals surface area contributed by atoms with Gasteiger partial charge < -0.3 is 5.73 Å². The Kier molecular flexibility index (Phi) is 3.24. The van der Waals surface area contributed by atoms with Gasteiger partial charge in [0, 0.05) is 12.1 Å². The molecular formula is C13H16FN3. The Morgan fingerprint density at radius 1 is 1.29 bits per heavy atom. The van der Waals surface area contributed by atoms with E-state index in [1.165, 1.54) is 12.1 Å². The van der Waals surface area contributed by atoms with Gasteiger partial charge in [0.25, 0.3) is 0 Å². The van der Waals surface area contributed by atoms with Crippen LogP contribution in [0.1, 0.15) is 31.0 Å². The van der Waals surface area contributed by atoms with E-state index in [9.17, 15) is 4.39 Å². The van der Waals surface area contributed by atoms with Crippen molar-refractivity contribution >= 4 is 0 Å². The first-order valence-corrected chi connectivity index (χ1v) is 5.66. The summed E-state index contributed by atoms with van der Waals surface area (Å²) < 4.78 is 14.7. The van der Waals surface area contributed by atoms with Crippen LogP contribution < -0.4 is 5.73 Å². The highest BCUT2D eigenvalue weighted by atomic mass is 19.1. The van der Waals surface area contributed by atoms with E-state index in [0.29, 0.717) is 12.5 Å². The minimum Gasteiger partial charge on any atom is -0.326 e. The molecule has 2 aromatic rings. The van der Waals surface area contributed by atoms with Crippen LogP contribution >= 0.6 is 0 Å². The minimum absolute atomic E-state index is 0.244. The van der Waals surface area contributed by atoms with Crippen molar-refractivity contribution in [3.63, 3.8) is 0 Å². The maximum Gasteiger partial charge on any atom is 0.123 e. The lowest BCUT2D eigenvalue weighted by molar-refractivity contribution is 0.626. The number of nitrogens with two attached hydrogens (primary N) is 1. The zero-order chi connectivity index (χ0) is 12.4. The summed E-state index contributed by atoms with van der Waals surface area (Å²) in [6, 6.07) is 6.30. The van der Waals surface area contributed by atoms with Gasteiger partial charge >= 0.3 is 0 Å². The lowest BCUT2D eigenvalue weighted by atomic mass is 10.1. The summed E-state index contributed by atoms with van der Waals surface area (Å²) in [5.74, 6) is 0.0761. The van der Waals surface area contributed by atoms with E-state index < -0.39 is 0 Å². The summed E-state index contributed by atoms with van der Waals surface area (Å²) in [4.78, 5) is 0. The van der Waals surface area contributed by atoms with Gasteiger partial charge in [-0.05, 0) is 30.2 Å². The van der Waals surface area contributed by atoms with Gasteiger partial charge in [-0.25, -0.2) is 9.07 Å². The highest BCUT2D eigenvalue weighted by Gasteiger charge is 2.14. The molecule has 1 aromatic carbocycles. The number of hydrogen-bond donors (Lipinski definition) is 1. The maximum absolute atomic E-state index is 12.9. The van der Waals surface area contributed by atoms with Crippen molar-refractivity contribution in [2.24, 2.45) is 5.73 Å². The van der Waals surface area contributed by atoms with Crippen LogP contribution in [0.4, 0.5) is 4.39 Å². The minimum atomic E-state index is -0.244. The quantitative estimate of drug-likeness (QED) is 0.885. The predicted octanol–water partition coefficient (Wildman–Crippen LogP) is 2.59. The van der Waals surface area contributed by atoms with Gasteiger partial charge in [0.1, 0.15) is 5.82 Å². The van der Waals surface area contributed by atoms with Crippen molar-refractivity contribution < 1.29 is 4.39 Å². The molecule has 0 unspecified atom stereocenters. The molecule has 0 fully saturated rings. The van der Waals surface area contributed by atoms with Crippen molar-refractivity contribution in [2.75, 3.05) is 0 Å². The van der Waals surface area contributed by atoms with Crippen LogP contribution in [0.2, 0.25) is 0 Å². The van der Waals surface area contributed by atoms with Crippen molar-refractivity contribution in [3.05, 3.63) is 47.5 Å². The zero-order valence-electron chi connectivity index (χ0n) is 10.0. The van der Waals surface area contributed by atoms with Gasteiger partial charge in [-0.15, -0.1) is 0 Å². The van der Waals surface area contributed by atoms with Crippen molar-refractivity contribution in [2.45, 2.75) is 26.3 Å². The van der Waals surface area contributed by atoms with Crippen LogP contribution in [-0.2, 0) is 6.54 Å². The number of rotatable bonds is 3. The van der Waals surface area contributed by atoms with Crippen molar-refractivity contribution in [1.29, 1.82) is 0 Å². The van der Waals surface area contributed by atoms with Crippen LogP contribution in [0.5, 0.6) is 0 Å². The van der Waals surface area contributed by atoms with E-state index in [1.807, 2.05) is 4.68 Å². The fourth-order valence-corrected chi connectivity index (χ4v) is 1.95. The number of aromatic nitrogens is 2. The van der Waals surface area contributed by atoms with Gasteiger partial charge in [-0.1, -0.05) is 13.8 Å². The predicted molar refractivity (Wildman–Crippen MR) is 65.5 cm³/mol. The summed E-state index contributed by atoms with van der Waals surface area (Å²) >= 11 is 0. The smallest absolute Gasteiger partial charge is 0.123 e. The van der Waals surface area contributed by atoms with Gasteiger partial charge in [0.05, 0.1) is 17.6 Å². The molecule has 2 N–H and O–H groups in total. The molecular weight excluding hydrogens is 217 g/mol. The third-order valence-corrected chi connectivity index (χ3v) is 2.72. The molecule has 4 heteroatoms. The molecule has 1 heterocycles. The number of nitrogens with zero attached hydrogens (tertiary/aromatic N) is 2. The molecule has 0 aliphatic rings. The van der Waals surface area contributed by atoms with Gasteiger partial charge in [0.2, 0.25) is 0 Å². The highest BCUT2D eigenvalue weighted by molar-refractivity contribution is 5.36. The molecule has 3 nitrogen and oxygen atoms in total. The molecule has 0 aliphatic heterocycles. The molecule has 0 atom stereocenters. The molecule has 90 valence electrons. The largest absolute Gasteiger partial charge is 0.326 e. The zero-order valence-corrected chi connectivity index (χ0v) is 10.0. The average molecular weight is 233 g/mol. The van der Waals surface area contributed by atoms with Crippen LogP contribution in [0.3, 0.4) is 0 Å². The van der Waals surface area contributed by atoms with Crippen molar-refractivity contribution in [3.8, 4) is 5.69 Å². The number of halogens is 1. The van der Waals surface area contributed by atoms with E-state index >= 15 is 0 Å². The maximum atomic E-state index is 12.9. The molecule has 0 bridgehead atoms.